The number of hydrogen-bond acceptors (Lipinski definition) is 4. The van der Waals surface area contributed by atoms with Crippen molar-refractivity contribution in [2.75, 3.05) is 26.2 Å². The third kappa shape index (κ3) is 5.66. The zero-order valence-corrected chi connectivity index (χ0v) is 16.3. The van der Waals surface area contributed by atoms with Crippen LogP contribution in [0.1, 0.15) is 45.4 Å². The highest BCUT2D eigenvalue weighted by Crippen LogP contribution is 2.32. The Morgan fingerprint density at radius 1 is 1.26 bits per heavy atom. The Morgan fingerprint density at radius 3 is 2.63 bits per heavy atom. The summed E-state index contributed by atoms with van der Waals surface area (Å²) in [5.74, 6) is 0.511. The van der Waals surface area contributed by atoms with Crippen LogP contribution in [0.15, 0.2) is 24.3 Å². The van der Waals surface area contributed by atoms with Gasteiger partial charge in [0.15, 0.2) is 0 Å². The van der Waals surface area contributed by atoms with Gasteiger partial charge in [0.25, 0.3) is 0 Å². The topological polar surface area (TPSA) is 67.6 Å². The molecule has 1 aromatic rings. The van der Waals surface area contributed by atoms with Gasteiger partial charge in [0.05, 0.1) is 5.92 Å². The molecule has 2 aliphatic rings. The van der Waals surface area contributed by atoms with Crippen molar-refractivity contribution in [1.29, 1.82) is 0 Å². The van der Waals surface area contributed by atoms with Crippen LogP contribution in [0.3, 0.4) is 0 Å². The van der Waals surface area contributed by atoms with Crippen molar-refractivity contribution in [3.05, 3.63) is 30.1 Å². The van der Waals surface area contributed by atoms with Gasteiger partial charge in [-0.3, -0.25) is 9.69 Å². The van der Waals surface area contributed by atoms with E-state index in [4.69, 9.17) is 10.5 Å². The molecule has 1 heterocycles. The lowest BCUT2D eigenvalue weighted by atomic mass is 9.74. The first-order chi connectivity index (χ1) is 12.9. The Labute approximate surface area is 161 Å². The van der Waals surface area contributed by atoms with Gasteiger partial charge in [-0.05, 0) is 56.9 Å². The van der Waals surface area contributed by atoms with Crippen LogP contribution >= 0.6 is 0 Å². The fourth-order valence-electron chi connectivity index (χ4n) is 4.21. The van der Waals surface area contributed by atoms with E-state index in [1.807, 2.05) is 6.92 Å². The van der Waals surface area contributed by atoms with Crippen LogP contribution in [0.4, 0.5) is 4.39 Å². The number of rotatable bonds is 6. The molecule has 0 radical (unpaired) electrons. The number of ether oxygens (including phenoxy) is 1. The summed E-state index contributed by atoms with van der Waals surface area (Å²) in [5, 5.41) is 3.24. The molecule has 2 unspecified atom stereocenters. The minimum Gasteiger partial charge on any atom is -0.492 e. The van der Waals surface area contributed by atoms with E-state index in [-0.39, 0.29) is 29.2 Å². The number of piperidine rings is 1. The number of halogens is 1. The summed E-state index contributed by atoms with van der Waals surface area (Å²) >= 11 is 0. The smallest absolute Gasteiger partial charge is 0.225 e. The predicted molar refractivity (Wildman–Crippen MR) is 104 cm³/mol. The summed E-state index contributed by atoms with van der Waals surface area (Å²) in [4.78, 5) is 15.0. The Morgan fingerprint density at radius 2 is 1.96 bits per heavy atom. The number of nitrogens with two attached hydrogens (primary N) is 1. The maximum absolute atomic E-state index is 12.9. The van der Waals surface area contributed by atoms with Crippen LogP contribution in [-0.4, -0.2) is 48.6 Å². The molecule has 150 valence electrons. The third-order valence-electron chi connectivity index (χ3n) is 5.99. The van der Waals surface area contributed by atoms with Gasteiger partial charge >= 0.3 is 0 Å². The normalized spacial score (nSPS) is 27.3. The summed E-state index contributed by atoms with van der Waals surface area (Å²) in [6.45, 7) is 5.32. The van der Waals surface area contributed by atoms with E-state index in [1.54, 1.807) is 12.1 Å². The maximum Gasteiger partial charge on any atom is 0.225 e. The summed E-state index contributed by atoms with van der Waals surface area (Å²) in [7, 11) is 0. The van der Waals surface area contributed by atoms with Crippen molar-refractivity contribution < 1.29 is 13.9 Å². The summed E-state index contributed by atoms with van der Waals surface area (Å²) < 4.78 is 18.6. The molecule has 2 fully saturated rings. The highest BCUT2D eigenvalue weighted by molar-refractivity contribution is 5.80. The molecule has 3 rings (SSSR count). The van der Waals surface area contributed by atoms with E-state index in [2.05, 4.69) is 10.2 Å². The first kappa shape index (κ1) is 20.1. The van der Waals surface area contributed by atoms with Crippen molar-refractivity contribution in [3.8, 4) is 5.75 Å². The average molecular weight is 378 g/mol. The van der Waals surface area contributed by atoms with Gasteiger partial charge in [-0.25, -0.2) is 4.39 Å². The lowest BCUT2D eigenvalue weighted by Crippen LogP contribution is -2.55. The van der Waals surface area contributed by atoms with Crippen LogP contribution < -0.4 is 15.8 Å². The lowest BCUT2D eigenvalue weighted by Gasteiger charge is -2.39. The molecule has 5 nitrogen and oxygen atoms in total. The Balaban J connectivity index is 1.36. The zero-order chi connectivity index (χ0) is 19.3. The maximum atomic E-state index is 12.9. The highest BCUT2D eigenvalue weighted by Gasteiger charge is 2.38. The van der Waals surface area contributed by atoms with Gasteiger partial charge in [-0.2, -0.15) is 0 Å². The Hall–Kier alpha value is -1.66. The molecule has 27 heavy (non-hydrogen) atoms. The predicted octanol–water partition coefficient (Wildman–Crippen LogP) is 2.69. The standard InChI is InChI=1S/C21H32FN3O2/c1-21(23)11-3-2-4-19(21)20(26)24-17-9-12-25(13-10-17)14-15-27-18-7-5-16(22)6-8-18/h5-8,17,19H,2-4,9-15,23H2,1H3,(H,24,26). The van der Waals surface area contributed by atoms with E-state index in [0.717, 1.165) is 58.2 Å². The number of hydrogen-bond donors (Lipinski definition) is 2. The van der Waals surface area contributed by atoms with E-state index in [1.165, 1.54) is 12.1 Å². The number of nitrogens with zero attached hydrogens (tertiary/aromatic N) is 1. The van der Waals surface area contributed by atoms with Crippen molar-refractivity contribution in [2.24, 2.45) is 11.7 Å². The largest absolute Gasteiger partial charge is 0.492 e. The van der Waals surface area contributed by atoms with Crippen LogP contribution in [-0.2, 0) is 4.79 Å². The number of amides is 1. The minimum atomic E-state index is -0.374. The Bertz CT molecular complexity index is 612. The first-order valence-corrected chi connectivity index (χ1v) is 10.1. The van der Waals surface area contributed by atoms with E-state index in [9.17, 15) is 9.18 Å². The van der Waals surface area contributed by atoms with Crippen LogP contribution in [0, 0.1) is 11.7 Å². The van der Waals surface area contributed by atoms with Gasteiger partial charge in [0.2, 0.25) is 5.91 Å². The van der Waals surface area contributed by atoms with Crippen LogP contribution in [0.25, 0.3) is 0 Å². The van der Waals surface area contributed by atoms with Gasteiger partial charge in [-0.1, -0.05) is 12.8 Å². The number of benzene rings is 1. The average Bonchev–Trinajstić information content (AvgIpc) is 2.64. The van der Waals surface area contributed by atoms with Gasteiger partial charge in [0, 0.05) is 31.2 Å². The molecule has 1 aliphatic carbocycles. The molecule has 0 aromatic heterocycles. The molecule has 3 N–H and O–H groups in total. The van der Waals surface area contributed by atoms with E-state index in [0.29, 0.717) is 12.4 Å². The molecule has 1 saturated carbocycles. The van der Waals surface area contributed by atoms with Crippen molar-refractivity contribution in [3.63, 3.8) is 0 Å². The van der Waals surface area contributed by atoms with Crippen molar-refractivity contribution >= 4 is 5.91 Å². The molecule has 1 amide bonds. The van der Waals surface area contributed by atoms with Crippen molar-refractivity contribution in [1.82, 2.24) is 10.2 Å². The zero-order valence-electron chi connectivity index (χ0n) is 16.3. The lowest BCUT2D eigenvalue weighted by molar-refractivity contribution is -0.129. The molecule has 1 aromatic carbocycles. The Kier molecular flexibility index (Phi) is 6.71. The molecule has 0 spiro atoms. The quantitative estimate of drug-likeness (QED) is 0.800. The molecule has 0 bridgehead atoms. The SMILES string of the molecule is CC1(N)CCCCC1C(=O)NC1CCN(CCOc2ccc(F)cc2)CC1. The van der Waals surface area contributed by atoms with Crippen LogP contribution in [0.2, 0.25) is 0 Å². The van der Waals surface area contributed by atoms with E-state index >= 15 is 0 Å². The fourth-order valence-corrected chi connectivity index (χ4v) is 4.21. The summed E-state index contributed by atoms with van der Waals surface area (Å²) in [6.07, 6.45) is 5.95. The molecule has 1 saturated heterocycles. The van der Waals surface area contributed by atoms with Gasteiger partial charge < -0.3 is 15.8 Å². The monoisotopic (exact) mass is 377 g/mol. The number of nitrogens with one attached hydrogen (secondary N) is 1. The van der Waals surface area contributed by atoms with E-state index < -0.39 is 0 Å². The molecule has 1 aliphatic heterocycles. The van der Waals surface area contributed by atoms with Crippen LogP contribution in [0.5, 0.6) is 5.75 Å². The molecule has 6 heteroatoms. The second kappa shape index (κ2) is 9.02. The van der Waals surface area contributed by atoms with Gasteiger partial charge in [-0.15, -0.1) is 0 Å². The number of carbonyl (C=O) groups is 1. The summed E-state index contributed by atoms with van der Waals surface area (Å²) in [6, 6.07) is 6.34. The fraction of sp³-hybridized carbons (Fsp3) is 0.667. The highest BCUT2D eigenvalue weighted by atomic mass is 19.1. The van der Waals surface area contributed by atoms with Gasteiger partial charge in [0.1, 0.15) is 18.2 Å². The molecular formula is C21H32FN3O2. The third-order valence-corrected chi connectivity index (χ3v) is 5.99. The second-order valence-corrected chi connectivity index (χ2v) is 8.23. The number of likely N-dealkylation sites (tertiary alicyclic amines) is 1. The number of carbonyl (C=O) groups excluding carboxylic acids is 1. The first-order valence-electron chi connectivity index (χ1n) is 10.1. The molecule has 2 atom stereocenters. The van der Waals surface area contributed by atoms with Crippen molar-refractivity contribution in [2.45, 2.75) is 57.0 Å². The second-order valence-electron chi connectivity index (χ2n) is 8.23. The minimum absolute atomic E-state index is 0.0617. The summed E-state index contributed by atoms with van der Waals surface area (Å²) in [5.41, 5.74) is 5.98. The molecular weight excluding hydrogens is 345 g/mol.